The van der Waals surface area contributed by atoms with Gasteiger partial charge in [0, 0.05) is 29.9 Å². The number of carbonyl (C=O) groups excluding carboxylic acids is 1. The van der Waals surface area contributed by atoms with Gasteiger partial charge in [0.15, 0.2) is 5.82 Å². The molecule has 0 radical (unpaired) electrons. The van der Waals surface area contributed by atoms with E-state index >= 15 is 0 Å². The molecule has 1 aromatic carbocycles. The molecule has 4 rings (SSSR count). The Balaban J connectivity index is 1.58. The minimum Gasteiger partial charge on any atom is -0.377 e. The molecule has 2 aliphatic rings. The largest absolute Gasteiger partial charge is 0.377 e. The fourth-order valence-corrected chi connectivity index (χ4v) is 3.80. The van der Waals surface area contributed by atoms with Crippen molar-refractivity contribution in [3.63, 3.8) is 0 Å². The van der Waals surface area contributed by atoms with Gasteiger partial charge >= 0.3 is 6.03 Å². The molecule has 2 aliphatic heterocycles. The maximum Gasteiger partial charge on any atom is 0.319 e. The number of anilines is 2. The van der Waals surface area contributed by atoms with Crippen molar-refractivity contribution in [1.82, 2.24) is 20.6 Å². The molecular weight excluding hydrogens is 406 g/mol. The van der Waals surface area contributed by atoms with Crippen LogP contribution in [-0.2, 0) is 17.7 Å². The van der Waals surface area contributed by atoms with Crippen molar-refractivity contribution in [3.05, 3.63) is 35.5 Å². The molecule has 1 aromatic heterocycles. The molecule has 31 heavy (non-hydrogen) atoms. The van der Waals surface area contributed by atoms with Crippen LogP contribution in [0.25, 0.3) is 11.4 Å². The number of urea groups is 1. The molecule has 3 N–H and O–H groups in total. The van der Waals surface area contributed by atoms with Crippen LogP contribution in [0.3, 0.4) is 0 Å². The Morgan fingerprint density at radius 3 is 2.87 bits per heavy atom. The van der Waals surface area contributed by atoms with Crippen molar-refractivity contribution in [3.8, 4) is 11.4 Å². The lowest BCUT2D eigenvalue weighted by atomic mass is 10.0. The van der Waals surface area contributed by atoms with Crippen LogP contribution in [-0.4, -0.2) is 61.3 Å². The van der Waals surface area contributed by atoms with E-state index in [1.165, 1.54) is 5.56 Å². The van der Waals surface area contributed by atoms with E-state index in [1.54, 1.807) is 12.1 Å². The molecule has 2 amide bonds. The second-order valence-corrected chi connectivity index (χ2v) is 7.64. The number of hydrogen-bond donors (Lipinski definition) is 3. The summed E-state index contributed by atoms with van der Waals surface area (Å²) < 4.78 is 30.0. The third-order valence-corrected chi connectivity index (χ3v) is 5.37. The van der Waals surface area contributed by atoms with Crippen molar-refractivity contribution < 1.29 is 18.3 Å². The first kappa shape index (κ1) is 21.4. The third kappa shape index (κ3) is 5.08. The van der Waals surface area contributed by atoms with E-state index in [0.717, 1.165) is 36.6 Å². The molecule has 1 atom stereocenters. The van der Waals surface area contributed by atoms with E-state index in [9.17, 15) is 13.6 Å². The van der Waals surface area contributed by atoms with Crippen molar-refractivity contribution in [2.75, 3.05) is 43.1 Å². The van der Waals surface area contributed by atoms with E-state index in [0.29, 0.717) is 31.3 Å². The molecule has 8 nitrogen and oxygen atoms in total. The van der Waals surface area contributed by atoms with Crippen molar-refractivity contribution in [1.29, 1.82) is 0 Å². The van der Waals surface area contributed by atoms with Crippen LogP contribution < -0.4 is 20.9 Å². The second-order valence-electron chi connectivity index (χ2n) is 7.64. The minimum atomic E-state index is -2.59. The van der Waals surface area contributed by atoms with Crippen LogP contribution in [0.2, 0.25) is 0 Å². The summed E-state index contributed by atoms with van der Waals surface area (Å²) in [5.41, 5.74) is 3.50. The van der Waals surface area contributed by atoms with Gasteiger partial charge in [-0.25, -0.2) is 23.5 Å². The van der Waals surface area contributed by atoms with Gasteiger partial charge in [-0.05, 0) is 44.2 Å². The van der Waals surface area contributed by atoms with E-state index in [1.807, 2.05) is 12.1 Å². The van der Waals surface area contributed by atoms with Gasteiger partial charge < -0.3 is 25.6 Å². The summed E-state index contributed by atoms with van der Waals surface area (Å²) in [6.07, 6.45) is -1.71. The number of alkyl halides is 2. The Hall–Kier alpha value is -2.85. The third-order valence-electron chi connectivity index (χ3n) is 5.37. The number of nitrogens with zero attached hydrogens (tertiary/aromatic N) is 3. The predicted molar refractivity (Wildman–Crippen MR) is 114 cm³/mol. The molecule has 1 saturated heterocycles. The molecule has 166 valence electrons. The fraction of sp³-hybridized carbons (Fsp3) is 0.476. The zero-order valence-electron chi connectivity index (χ0n) is 17.3. The van der Waals surface area contributed by atoms with Crippen molar-refractivity contribution in [2.45, 2.75) is 32.4 Å². The molecule has 1 unspecified atom stereocenters. The van der Waals surface area contributed by atoms with Crippen LogP contribution >= 0.6 is 0 Å². The van der Waals surface area contributed by atoms with Gasteiger partial charge in [0.2, 0.25) is 0 Å². The Morgan fingerprint density at radius 1 is 1.32 bits per heavy atom. The number of aromatic nitrogens is 2. The van der Waals surface area contributed by atoms with E-state index < -0.39 is 19.0 Å². The highest BCUT2D eigenvalue weighted by molar-refractivity contribution is 5.89. The molecule has 0 bridgehead atoms. The highest BCUT2D eigenvalue weighted by Crippen LogP contribution is 2.30. The van der Waals surface area contributed by atoms with Crippen LogP contribution in [0, 0.1) is 0 Å². The van der Waals surface area contributed by atoms with Gasteiger partial charge in [-0.3, -0.25) is 0 Å². The first-order chi connectivity index (χ1) is 15.0. The Morgan fingerprint density at radius 2 is 2.13 bits per heavy atom. The minimum absolute atomic E-state index is 0.230. The average Bonchev–Trinajstić information content (AvgIpc) is 2.78. The molecule has 1 fully saturated rings. The molecular formula is C21H26F2N6O2. The number of morpholine rings is 1. The first-order valence-electron chi connectivity index (χ1n) is 10.4. The Kier molecular flexibility index (Phi) is 6.57. The second kappa shape index (κ2) is 9.52. The maximum absolute atomic E-state index is 12.2. The Bertz CT molecular complexity index is 925. The number of ether oxygens (including phenoxy) is 1. The highest BCUT2D eigenvalue weighted by atomic mass is 19.3. The van der Waals surface area contributed by atoms with Gasteiger partial charge in [-0.15, -0.1) is 0 Å². The van der Waals surface area contributed by atoms with Gasteiger partial charge in [-0.2, -0.15) is 0 Å². The standard InChI is InChI=1S/C21H26F2N6O2/c1-13-12-31-9-8-29(13)20-16-6-7-24-10-17(16)27-19(28-20)14-2-4-15(5-3-14)26-21(30)25-11-18(22)23/h2-5,13,18,24H,6-12H2,1H3,(H2,25,26,30). The monoisotopic (exact) mass is 432 g/mol. The highest BCUT2D eigenvalue weighted by Gasteiger charge is 2.27. The summed E-state index contributed by atoms with van der Waals surface area (Å²) in [7, 11) is 0. The number of rotatable bonds is 5. The number of hydrogen-bond acceptors (Lipinski definition) is 6. The van der Waals surface area contributed by atoms with Crippen LogP contribution in [0.4, 0.5) is 25.1 Å². The number of halogens is 2. The summed E-state index contributed by atoms with van der Waals surface area (Å²) in [4.78, 5) is 23.7. The molecule has 3 heterocycles. The van der Waals surface area contributed by atoms with Gasteiger partial charge in [0.25, 0.3) is 6.43 Å². The molecule has 10 heteroatoms. The summed E-state index contributed by atoms with van der Waals surface area (Å²) in [6.45, 7) is 5.16. The SMILES string of the molecule is CC1COCCN1c1nc(-c2ccc(NC(=O)NCC(F)F)cc2)nc2c1CCNC2. The Labute approximate surface area is 179 Å². The first-order valence-corrected chi connectivity index (χ1v) is 10.4. The summed E-state index contributed by atoms with van der Waals surface area (Å²) >= 11 is 0. The predicted octanol–water partition coefficient (Wildman–Crippen LogP) is 2.40. The van der Waals surface area contributed by atoms with Crippen LogP contribution in [0.5, 0.6) is 0 Å². The van der Waals surface area contributed by atoms with E-state index in [-0.39, 0.29) is 6.04 Å². The molecule has 0 saturated carbocycles. The zero-order valence-corrected chi connectivity index (χ0v) is 17.3. The van der Waals surface area contributed by atoms with Crippen LogP contribution in [0.1, 0.15) is 18.2 Å². The van der Waals surface area contributed by atoms with Crippen LogP contribution in [0.15, 0.2) is 24.3 Å². The van der Waals surface area contributed by atoms with Gasteiger partial charge in [0.1, 0.15) is 5.82 Å². The van der Waals surface area contributed by atoms with Gasteiger partial charge in [-0.1, -0.05) is 0 Å². The summed E-state index contributed by atoms with van der Waals surface area (Å²) in [5.74, 6) is 1.58. The maximum atomic E-state index is 12.2. The lowest BCUT2D eigenvalue weighted by Gasteiger charge is -2.36. The topological polar surface area (TPSA) is 91.4 Å². The van der Waals surface area contributed by atoms with E-state index in [2.05, 4.69) is 27.8 Å². The number of nitrogens with one attached hydrogen (secondary N) is 3. The molecule has 0 aliphatic carbocycles. The van der Waals surface area contributed by atoms with Crippen molar-refractivity contribution >= 4 is 17.5 Å². The molecule has 2 aromatic rings. The van der Waals surface area contributed by atoms with Crippen molar-refractivity contribution in [2.24, 2.45) is 0 Å². The summed E-state index contributed by atoms with van der Waals surface area (Å²) in [6, 6.07) is 6.59. The zero-order chi connectivity index (χ0) is 21.8. The number of fused-ring (bicyclic) bond motifs is 1. The normalized spacial score (nSPS) is 18.6. The number of carbonyl (C=O) groups is 1. The number of amides is 2. The van der Waals surface area contributed by atoms with Gasteiger partial charge in [0.05, 0.1) is 31.5 Å². The number of benzene rings is 1. The lowest BCUT2D eigenvalue weighted by molar-refractivity contribution is 0.0984. The average molecular weight is 432 g/mol. The lowest BCUT2D eigenvalue weighted by Crippen LogP contribution is -2.45. The fourth-order valence-electron chi connectivity index (χ4n) is 3.80. The smallest absolute Gasteiger partial charge is 0.319 e. The summed E-state index contributed by atoms with van der Waals surface area (Å²) in [5, 5.41) is 8.02. The molecule has 0 spiro atoms. The van der Waals surface area contributed by atoms with E-state index in [4.69, 9.17) is 14.7 Å². The quantitative estimate of drug-likeness (QED) is 0.672.